The maximum absolute atomic E-state index is 11.3. The van der Waals surface area contributed by atoms with Crippen LogP contribution in [0.3, 0.4) is 0 Å². The van der Waals surface area contributed by atoms with Crippen molar-refractivity contribution in [1.82, 2.24) is 0 Å². The summed E-state index contributed by atoms with van der Waals surface area (Å²) in [6.45, 7) is 4.03. The highest BCUT2D eigenvalue weighted by Gasteiger charge is 2.26. The second-order valence-corrected chi connectivity index (χ2v) is 4.40. The number of carbonyl (C=O) groups excluding carboxylic acids is 1. The van der Waals surface area contributed by atoms with Gasteiger partial charge in [0.15, 0.2) is 5.78 Å². The van der Waals surface area contributed by atoms with Crippen molar-refractivity contribution in [1.29, 1.82) is 0 Å². The summed E-state index contributed by atoms with van der Waals surface area (Å²) in [5, 5.41) is 6.89. The lowest BCUT2D eigenvalue weighted by Gasteiger charge is -2.17. The molecule has 2 unspecified atom stereocenters. The van der Waals surface area contributed by atoms with Gasteiger partial charge >= 0.3 is 0 Å². The van der Waals surface area contributed by atoms with Crippen LogP contribution in [0.15, 0.2) is 0 Å². The molecule has 0 bridgehead atoms. The van der Waals surface area contributed by atoms with Crippen LogP contribution < -0.4 is 0 Å². The zero-order valence-corrected chi connectivity index (χ0v) is 10.9. The zero-order valence-electron chi connectivity index (χ0n) is 10.9. The summed E-state index contributed by atoms with van der Waals surface area (Å²) in [4.78, 5) is 19.7. The number of hydrogen-bond donors (Lipinski definition) is 1. The summed E-state index contributed by atoms with van der Waals surface area (Å²) in [6, 6.07) is 0. The lowest BCUT2D eigenvalue weighted by Crippen LogP contribution is -2.23. The monoisotopic (exact) mass is 244 g/mol. The first-order chi connectivity index (χ1) is 8.15. The van der Waals surface area contributed by atoms with Crippen molar-refractivity contribution in [3.05, 3.63) is 0 Å². The Kier molecular flexibility index (Phi) is 9.72. The maximum atomic E-state index is 11.3. The molecular weight excluding hydrogens is 220 g/mol. The fourth-order valence-corrected chi connectivity index (χ4v) is 1.96. The van der Waals surface area contributed by atoms with Gasteiger partial charge in [-0.3, -0.25) is 9.59 Å². The summed E-state index contributed by atoms with van der Waals surface area (Å²) >= 11 is 0. The molecule has 1 rings (SSSR count). The molecule has 1 aliphatic rings. The number of unbranched alkanes of at least 4 members (excludes halogenated alkanes) is 2. The van der Waals surface area contributed by atoms with E-state index >= 15 is 0 Å². The Bertz CT molecular complexity index is 215. The molecule has 0 aromatic carbocycles. The summed E-state index contributed by atoms with van der Waals surface area (Å²) < 4.78 is 5.72. The van der Waals surface area contributed by atoms with Crippen molar-refractivity contribution in [2.75, 3.05) is 0 Å². The van der Waals surface area contributed by atoms with Crippen LogP contribution in [0.1, 0.15) is 58.8 Å². The first kappa shape index (κ1) is 16.1. The predicted octanol–water partition coefficient (Wildman–Crippen LogP) is 2.79. The number of ether oxygens (including phenoxy) is 1. The third-order valence-corrected chi connectivity index (χ3v) is 2.86. The zero-order chi connectivity index (χ0) is 13.1. The minimum absolute atomic E-state index is 0.0772. The van der Waals surface area contributed by atoms with Crippen molar-refractivity contribution in [3.63, 3.8) is 0 Å². The highest BCUT2D eigenvalue weighted by molar-refractivity contribution is 5.84. The van der Waals surface area contributed by atoms with E-state index in [4.69, 9.17) is 14.6 Å². The molecule has 1 N–H and O–H groups in total. The van der Waals surface area contributed by atoms with E-state index in [2.05, 4.69) is 13.8 Å². The average Bonchev–Trinajstić information content (AvgIpc) is 2.66. The number of hydrogen-bond acceptors (Lipinski definition) is 3. The highest BCUT2D eigenvalue weighted by atomic mass is 16.5. The minimum Gasteiger partial charge on any atom is -0.483 e. The van der Waals surface area contributed by atoms with Crippen molar-refractivity contribution in [2.24, 2.45) is 0 Å². The number of carboxylic acid groups (broad SMARTS) is 1. The Morgan fingerprint density at radius 3 is 2.65 bits per heavy atom. The van der Waals surface area contributed by atoms with Gasteiger partial charge in [0.05, 0.1) is 6.10 Å². The summed E-state index contributed by atoms with van der Waals surface area (Å²) in [7, 11) is 0. The average molecular weight is 244 g/mol. The van der Waals surface area contributed by atoms with Gasteiger partial charge in [0.25, 0.3) is 6.47 Å². The molecule has 17 heavy (non-hydrogen) atoms. The van der Waals surface area contributed by atoms with Gasteiger partial charge in [-0.1, -0.05) is 26.2 Å². The summed E-state index contributed by atoms with van der Waals surface area (Å²) in [5.41, 5.74) is 0. The molecule has 0 amide bonds. The van der Waals surface area contributed by atoms with E-state index in [0.717, 1.165) is 25.7 Å². The Labute approximate surface area is 103 Å². The summed E-state index contributed by atoms with van der Waals surface area (Å²) in [5.74, 6) is 0.312. The smallest absolute Gasteiger partial charge is 0.290 e. The number of ketones is 1. The number of rotatable bonds is 6. The van der Waals surface area contributed by atoms with E-state index in [-0.39, 0.29) is 18.7 Å². The number of carbonyl (C=O) groups is 2. The van der Waals surface area contributed by atoms with E-state index in [1.165, 1.54) is 19.3 Å². The topological polar surface area (TPSA) is 63.6 Å². The third-order valence-electron chi connectivity index (χ3n) is 2.86. The number of Topliss-reactive ketones (excluding diaryl/α,β-unsaturated/α-hetero) is 1. The molecule has 0 aromatic rings. The van der Waals surface area contributed by atoms with Gasteiger partial charge in [-0.25, -0.2) is 0 Å². The Balaban J connectivity index is 0.000000770. The molecule has 2 atom stereocenters. The molecule has 4 heteroatoms. The summed E-state index contributed by atoms with van der Waals surface area (Å²) in [6.07, 6.45) is 7.70. The lowest BCUT2D eigenvalue weighted by atomic mass is 10.1. The van der Waals surface area contributed by atoms with Gasteiger partial charge in [0.1, 0.15) is 6.10 Å². The molecule has 1 fully saturated rings. The van der Waals surface area contributed by atoms with Gasteiger partial charge in [0, 0.05) is 6.42 Å². The molecule has 0 heterocycles. The molecule has 0 saturated heterocycles. The molecule has 0 aliphatic heterocycles. The van der Waals surface area contributed by atoms with Gasteiger partial charge in [-0.05, 0) is 26.2 Å². The predicted molar refractivity (Wildman–Crippen MR) is 66.0 cm³/mol. The molecule has 0 aromatic heterocycles. The second-order valence-electron chi connectivity index (χ2n) is 4.40. The van der Waals surface area contributed by atoms with E-state index in [1.807, 2.05) is 0 Å². The first-order valence-electron chi connectivity index (χ1n) is 6.41. The van der Waals surface area contributed by atoms with Crippen LogP contribution >= 0.6 is 0 Å². The Morgan fingerprint density at radius 2 is 2.18 bits per heavy atom. The fraction of sp³-hybridized carbons (Fsp3) is 0.846. The van der Waals surface area contributed by atoms with E-state index in [1.54, 1.807) is 0 Å². The standard InChI is InChI=1S/C12H22O2.CH2O2/c1-3-4-5-7-10(2)14-12-9-6-8-11(12)13;2-1-3/h10,12H,3-9H2,1-2H3;1H,(H,2,3). The molecule has 1 aliphatic carbocycles. The van der Waals surface area contributed by atoms with E-state index in [0.29, 0.717) is 5.78 Å². The second kappa shape index (κ2) is 10.3. The maximum Gasteiger partial charge on any atom is 0.290 e. The molecule has 0 radical (unpaired) electrons. The van der Waals surface area contributed by atoms with Gasteiger partial charge in [0.2, 0.25) is 0 Å². The third kappa shape index (κ3) is 7.91. The minimum atomic E-state index is -0.250. The van der Waals surface area contributed by atoms with Crippen LogP contribution in [-0.2, 0) is 14.3 Å². The van der Waals surface area contributed by atoms with E-state index in [9.17, 15) is 4.79 Å². The van der Waals surface area contributed by atoms with Gasteiger partial charge in [-0.2, -0.15) is 0 Å². The van der Waals surface area contributed by atoms with Crippen molar-refractivity contribution >= 4 is 12.3 Å². The Morgan fingerprint density at radius 1 is 1.53 bits per heavy atom. The van der Waals surface area contributed by atoms with Crippen molar-refractivity contribution in [3.8, 4) is 0 Å². The first-order valence-corrected chi connectivity index (χ1v) is 6.41. The van der Waals surface area contributed by atoms with Gasteiger partial charge < -0.3 is 9.84 Å². The lowest BCUT2D eigenvalue weighted by molar-refractivity contribution is -0.130. The SMILES string of the molecule is CCCCCC(C)OC1CCCC1=O.O=CO. The molecule has 4 nitrogen and oxygen atoms in total. The fourth-order valence-electron chi connectivity index (χ4n) is 1.96. The van der Waals surface area contributed by atoms with Crippen LogP contribution in [0.25, 0.3) is 0 Å². The van der Waals surface area contributed by atoms with Crippen molar-refractivity contribution < 1.29 is 19.4 Å². The van der Waals surface area contributed by atoms with Crippen LogP contribution in [0, 0.1) is 0 Å². The Hall–Kier alpha value is -0.900. The molecule has 0 spiro atoms. The molecular formula is C13H24O4. The highest BCUT2D eigenvalue weighted by Crippen LogP contribution is 2.20. The molecule has 1 saturated carbocycles. The van der Waals surface area contributed by atoms with Crippen LogP contribution in [0.4, 0.5) is 0 Å². The normalized spacial score (nSPS) is 20.6. The van der Waals surface area contributed by atoms with Crippen molar-refractivity contribution in [2.45, 2.75) is 71.0 Å². The van der Waals surface area contributed by atoms with Crippen LogP contribution in [0.5, 0.6) is 0 Å². The van der Waals surface area contributed by atoms with Crippen LogP contribution in [0.2, 0.25) is 0 Å². The van der Waals surface area contributed by atoms with Crippen LogP contribution in [-0.4, -0.2) is 29.6 Å². The quantitative estimate of drug-likeness (QED) is 0.576. The molecule has 100 valence electrons. The largest absolute Gasteiger partial charge is 0.483 e. The van der Waals surface area contributed by atoms with E-state index < -0.39 is 0 Å². The van der Waals surface area contributed by atoms with Gasteiger partial charge in [-0.15, -0.1) is 0 Å².